The van der Waals surface area contributed by atoms with Gasteiger partial charge >= 0.3 is 12.2 Å². The number of pyridine rings is 1. The third kappa shape index (κ3) is 6.21. The van der Waals surface area contributed by atoms with Crippen molar-refractivity contribution in [2.45, 2.75) is 12.6 Å². The lowest BCUT2D eigenvalue weighted by molar-refractivity contribution is -0.137. The van der Waals surface area contributed by atoms with Crippen molar-refractivity contribution in [3.05, 3.63) is 58.2 Å². The first-order valence-electron chi connectivity index (χ1n) is 7.89. The molecule has 0 aliphatic rings. The SMILES string of the molecule is O=C(NCCNc1ncccc1C(F)(F)F)NCCc1ccccc1Br. The largest absolute Gasteiger partial charge is 0.419 e. The minimum atomic E-state index is -4.48. The van der Waals surface area contributed by atoms with E-state index in [4.69, 9.17) is 0 Å². The Balaban J connectivity index is 1.69. The first-order chi connectivity index (χ1) is 12.4. The van der Waals surface area contributed by atoms with E-state index >= 15 is 0 Å². The van der Waals surface area contributed by atoms with Gasteiger partial charge in [-0.15, -0.1) is 0 Å². The highest BCUT2D eigenvalue weighted by Crippen LogP contribution is 2.33. The van der Waals surface area contributed by atoms with E-state index in [1.54, 1.807) is 0 Å². The van der Waals surface area contributed by atoms with E-state index in [0.29, 0.717) is 13.0 Å². The zero-order valence-electron chi connectivity index (χ0n) is 13.7. The van der Waals surface area contributed by atoms with Crippen LogP contribution in [0.15, 0.2) is 47.1 Å². The number of hydrogen-bond donors (Lipinski definition) is 3. The van der Waals surface area contributed by atoms with Gasteiger partial charge in [0, 0.05) is 30.3 Å². The van der Waals surface area contributed by atoms with Gasteiger partial charge in [-0.1, -0.05) is 34.1 Å². The summed E-state index contributed by atoms with van der Waals surface area (Å²) in [5, 5.41) is 7.86. The van der Waals surface area contributed by atoms with Gasteiger partial charge in [0.05, 0.1) is 5.56 Å². The first-order valence-corrected chi connectivity index (χ1v) is 8.68. The zero-order valence-corrected chi connectivity index (χ0v) is 15.3. The molecule has 0 atom stereocenters. The van der Waals surface area contributed by atoms with Crippen LogP contribution in [-0.2, 0) is 12.6 Å². The molecule has 1 heterocycles. The number of carbonyl (C=O) groups excluding carboxylic acids is 1. The smallest absolute Gasteiger partial charge is 0.368 e. The van der Waals surface area contributed by atoms with E-state index in [1.807, 2.05) is 24.3 Å². The fourth-order valence-corrected chi connectivity index (χ4v) is 2.69. The second kappa shape index (κ2) is 9.42. The van der Waals surface area contributed by atoms with Crippen molar-refractivity contribution in [1.29, 1.82) is 0 Å². The van der Waals surface area contributed by atoms with Gasteiger partial charge in [-0.2, -0.15) is 13.2 Å². The summed E-state index contributed by atoms with van der Waals surface area (Å²) in [4.78, 5) is 15.4. The number of alkyl halides is 3. The predicted molar refractivity (Wildman–Crippen MR) is 97.0 cm³/mol. The number of nitrogens with zero attached hydrogens (tertiary/aromatic N) is 1. The molecule has 0 bridgehead atoms. The van der Waals surface area contributed by atoms with Crippen LogP contribution in [0.4, 0.5) is 23.8 Å². The summed E-state index contributed by atoms with van der Waals surface area (Å²) in [5.41, 5.74) is 0.238. The Hall–Kier alpha value is -2.29. The second-order valence-corrected chi connectivity index (χ2v) is 6.20. The topological polar surface area (TPSA) is 66.0 Å². The average Bonchev–Trinajstić information content (AvgIpc) is 2.60. The first kappa shape index (κ1) is 20.0. The standard InChI is InChI=1S/C17H18BrF3N4O/c18-14-6-2-1-4-12(14)7-9-24-16(26)25-11-10-23-15-13(17(19,20)21)5-3-8-22-15/h1-6,8H,7,9-11H2,(H,22,23)(H2,24,25,26). The number of hydrogen-bond acceptors (Lipinski definition) is 3. The maximum atomic E-state index is 12.8. The predicted octanol–water partition coefficient (Wildman–Crippen LogP) is 3.82. The Kier molecular flexibility index (Phi) is 7.26. The molecule has 0 fully saturated rings. The van der Waals surface area contributed by atoms with Crippen molar-refractivity contribution in [3.8, 4) is 0 Å². The van der Waals surface area contributed by atoms with Crippen molar-refractivity contribution < 1.29 is 18.0 Å². The molecule has 26 heavy (non-hydrogen) atoms. The normalized spacial score (nSPS) is 11.1. The van der Waals surface area contributed by atoms with Gasteiger partial charge in [-0.05, 0) is 30.2 Å². The monoisotopic (exact) mass is 430 g/mol. The molecule has 1 aromatic carbocycles. The molecule has 0 spiro atoms. The zero-order chi connectivity index (χ0) is 19.0. The molecular formula is C17H18BrF3N4O. The fraction of sp³-hybridized carbons (Fsp3) is 0.294. The number of halogens is 4. The summed E-state index contributed by atoms with van der Waals surface area (Å²) >= 11 is 3.43. The molecule has 0 saturated carbocycles. The van der Waals surface area contributed by atoms with Crippen LogP contribution in [0, 0.1) is 0 Å². The van der Waals surface area contributed by atoms with Crippen LogP contribution in [-0.4, -0.2) is 30.6 Å². The van der Waals surface area contributed by atoms with Gasteiger partial charge in [0.1, 0.15) is 5.82 Å². The molecule has 2 amide bonds. The quantitative estimate of drug-likeness (QED) is 0.585. The van der Waals surface area contributed by atoms with E-state index in [1.165, 1.54) is 12.3 Å². The molecule has 0 unspecified atom stereocenters. The minimum Gasteiger partial charge on any atom is -0.368 e. The lowest BCUT2D eigenvalue weighted by Crippen LogP contribution is -2.39. The molecule has 0 aliphatic heterocycles. The Bertz CT molecular complexity index is 740. The summed E-state index contributed by atoms with van der Waals surface area (Å²) in [6.45, 7) is 0.729. The Morgan fingerprint density at radius 1 is 1.04 bits per heavy atom. The highest BCUT2D eigenvalue weighted by molar-refractivity contribution is 9.10. The minimum absolute atomic E-state index is 0.123. The second-order valence-electron chi connectivity index (χ2n) is 5.35. The lowest BCUT2D eigenvalue weighted by atomic mass is 10.1. The van der Waals surface area contributed by atoms with E-state index in [-0.39, 0.29) is 24.9 Å². The summed E-state index contributed by atoms with van der Waals surface area (Å²) < 4.78 is 39.5. The Morgan fingerprint density at radius 3 is 2.50 bits per heavy atom. The van der Waals surface area contributed by atoms with Crippen molar-refractivity contribution >= 4 is 27.8 Å². The molecule has 0 radical (unpaired) electrons. The van der Waals surface area contributed by atoms with Crippen LogP contribution in [0.2, 0.25) is 0 Å². The maximum Gasteiger partial charge on any atom is 0.419 e. The summed E-state index contributed by atoms with van der Waals surface area (Å²) in [6.07, 6.45) is -2.54. The number of amides is 2. The molecule has 1 aromatic heterocycles. The molecule has 3 N–H and O–H groups in total. The van der Waals surface area contributed by atoms with Crippen LogP contribution in [0.25, 0.3) is 0 Å². The summed E-state index contributed by atoms with van der Waals surface area (Å²) in [5.74, 6) is -0.254. The van der Waals surface area contributed by atoms with Crippen LogP contribution in [0.1, 0.15) is 11.1 Å². The third-order valence-electron chi connectivity index (χ3n) is 3.45. The molecular weight excluding hydrogens is 413 g/mol. The van der Waals surface area contributed by atoms with Crippen LogP contribution in [0.5, 0.6) is 0 Å². The number of nitrogens with one attached hydrogen (secondary N) is 3. The van der Waals surface area contributed by atoms with Gasteiger partial charge in [0.25, 0.3) is 0 Å². The summed E-state index contributed by atoms with van der Waals surface area (Å²) in [7, 11) is 0. The van der Waals surface area contributed by atoms with Crippen molar-refractivity contribution in [2.24, 2.45) is 0 Å². The molecule has 9 heteroatoms. The highest BCUT2D eigenvalue weighted by Gasteiger charge is 2.33. The highest BCUT2D eigenvalue weighted by atomic mass is 79.9. The fourth-order valence-electron chi connectivity index (χ4n) is 2.21. The van der Waals surface area contributed by atoms with Crippen molar-refractivity contribution in [3.63, 3.8) is 0 Å². The van der Waals surface area contributed by atoms with Gasteiger partial charge in [-0.25, -0.2) is 9.78 Å². The molecule has 0 aliphatic carbocycles. The average molecular weight is 431 g/mol. The van der Waals surface area contributed by atoms with Crippen molar-refractivity contribution in [2.75, 3.05) is 25.0 Å². The maximum absolute atomic E-state index is 12.8. The van der Waals surface area contributed by atoms with E-state index < -0.39 is 11.7 Å². The van der Waals surface area contributed by atoms with Gasteiger partial charge < -0.3 is 16.0 Å². The lowest BCUT2D eigenvalue weighted by Gasteiger charge is -2.13. The summed E-state index contributed by atoms with van der Waals surface area (Å²) in [6, 6.07) is 9.51. The number of urea groups is 1. The van der Waals surface area contributed by atoms with Crippen LogP contribution in [0.3, 0.4) is 0 Å². The van der Waals surface area contributed by atoms with Crippen molar-refractivity contribution in [1.82, 2.24) is 15.6 Å². The number of rotatable bonds is 7. The van der Waals surface area contributed by atoms with Gasteiger partial charge in [0.15, 0.2) is 0 Å². The van der Waals surface area contributed by atoms with Gasteiger partial charge in [-0.3, -0.25) is 0 Å². The van der Waals surface area contributed by atoms with E-state index in [9.17, 15) is 18.0 Å². The van der Waals surface area contributed by atoms with Crippen LogP contribution >= 0.6 is 15.9 Å². The number of anilines is 1. The number of aromatic nitrogens is 1. The number of benzene rings is 1. The molecule has 140 valence electrons. The Morgan fingerprint density at radius 2 is 1.77 bits per heavy atom. The third-order valence-corrected chi connectivity index (χ3v) is 4.23. The molecule has 2 rings (SSSR count). The Labute approximate surface area is 157 Å². The molecule has 2 aromatic rings. The van der Waals surface area contributed by atoms with E-state index in [2.05, 4.69) is 36.9 Å². The van der Waals surface area contributed by atoms with Crippen LogP contribution < -0.4 is 16.0 Å². The molecule has 0 saturated heterocycles. The number of carbonyl (C=O) groups is 1. The van der Waals surface area contributed by atoms with Gasteiger partial charge in [0.2, 0.25) is 0 Å². The van der Waals surface area contributed by atoms with E-state index in [0.717, 1.165) is 16.1 Å². The molecule has 5 nitrogen and oxygen atoms in total.